The van der Waals surface area contributed by atoms with Gasteiger partial charge < -0.3 is 4.74 Å². The number of hydrogen-bond acceptors (Lipinski definition) is 1. The summed E-state index contributed by atoms with van der Waals surface area (Å²) in [6.45, 7) is 8.14. The van der Waals surface area contributed by atoms with Crippen molar-refractivity contribution in [2.75, 3.05) is 13.2 Å². The predicted octanol–water partition coefficient (Wildman–Crippen LogP) is 3.72. The molecule has 0 aliphatic heterocycles. The van der Waals surface area contributed by atoms with Crippen LogP contribution in [0.5, 0.6) is 0 Å². The predicted molar refractivity (Wildman–Crippen MR) is 58.9 cm³/mol. The molecule has 0 saturated carbocycles. The second kappa shape index (κ2) is 9.53. The van der Waals surface area contributed by atoms with Crippen molar-refractivity contribution in [2.45, 2.75) is 40.0 Å². The van der Waals surface area contributed by atoms with E-state index in [1.165, 1.54) is 5.57 Å². The molecule has 13 heavy (non-hydrogen) atoms. The third-order valence-corrected chi connectivity index (χ3v) is 1.78. The van der Waals surface area contributed by atoms with Gasteiger partial charge in [-0.25, -0.2) is 0 Å². The normalized spacial score (nSPS) is 12.7. The van der Waals surface area contributed by atoms with Gasteiger partial charge in [-0.3, -0.25) is 0 Å². The lowest BCUT2D eigenvalue weighted by Gasteiger charge is -2.02. The molecule has 0 saturated heterocycles. The zero-order valence-electron chi connectivity index (χ0n) is 9.18. The summed E-state index contributed by atoms with van der Waals surface area (Å²) in [5, 5.41) is 0. The largest absolute Gasteiger partial charge is 0.381 e. The van der Waals surface area contributed by atoms with E-state index in [1.54, 1.807) is 0 Å². The quantitative estimate of drug-likeness (QED) is 0.431. The lowest BCUT2D eigenvalue weighted by Crippen LogP contribution is -1.95. The van der Waals surface area contributed by atoms with Gasteiger partial charge in [-0.2, -0.15) is 0 Å². The second-order valence-electron chi connectivity index (χ2n) is 3.25. The van der Waals surface area contributed by atoms with Crippen LogP contribution in [-0.2, 0) is 4.74 Å². The molecule has 0 fully saturated rings. The Hall–Kier alpha value is -0.560. The Balaban J connectivity index is 3.31. The van der Waals surface area contributed by atoms with E-state index in [2.05, 4.69) is 32.1 Å². The molecule has 0 aromatic heterocycles. The van der Waals surface area contributed by atoms with Crippen LogP contribution in [0.2, 0.25) is 0 Å². The summed E-state index contributed by atoms with van der Waals surface area (Å²) in [7, 11) is 0. The maximum absolute atomic E-state index is 5.39. The highest BCUT2D eigenvalue weighted by atomic mass is 16.5. The molecule has 0 aromatic rings. The smallest absolute Gasteiger partial charge is 0.0469 e. The first-order valence-electron chi connectivity index (χ1n) is 5.17. The standard InChI is InChI=1S/C12H22O/c1-4-6-8-12(3)9-7-11-13-10-5-2/h4,6,8H,5,7,9-11H2,1-3H3/b6-4-,12-8+. The summed E-state index contributed by atoms with van der Waals surface area (Å²) >= 11 is 0. The molecule has 1 heteroatoms. The highest BCUT2D eigenvalue weighted by Gasteiger charge is 1.89. The minimum Gasteiger partial charge on any atom is -0.381 e. The average molecular weight is 182 g/mol. The summed E-state index contributed by atoms with van der Waals surface area (Å²) in [6.07, 6.45) is 9.71. The molecule has 0 bridgehead atoms. The van der Waals surface area contributed by atoms with Gasteiger partial charge in [0, 0.05) is 13.2 Å². The van der Waals surface area contributed by atoms with Gasteiger partial charge in [0.2, 0.25) is 0 Å². The van der Waals surface area contributed by atoms with Crippen molar-refractivity contribution in [2.24, 2.45) is 0 Å². The first kappa shape index (κ1) is 12.4. The van der Waals surface area contributed by atoms with E-state index in [9.17, 15) is 0 Å². The van der Waals surface area contributed by atoms with Gasteiger partial charge in [0.05, 0.1) is 0 Å². The molecular weight excluding hydrogens is 160 g/mol. The van der Waals surface area contributed by atoms with Crippen LogP contribution in [0.4, 0.5) is 0 Å². The Morgan fingerprint density at radius 1 is 1.31 bits per heavy atom. The summed E-state index contributed by atoms with van der Waals surface area (Å²) < 4.78 is 5.39. The van der Waals surface area contributed by atoms with Crippen molar-refractivity contribution < 1.29 is 4.74 Å². The van der Waals surface area contributed by atoms with Gasteiger partial charge in [0.1, 0.15) is 0 Å². The Kier molecular flexibility index (Phi) is 9.12. The number of hydrogen-bond donors (Lipinski definition) is 0. The van der Waals surface area contributed by atoms with Crippen LogP contribution in [-0.4, -0.2) is 13.2 Å². The molecular formula is C12H22O. The minimum absolute atomic E-state index is 0.898. The number of ether oxygens (including phenoxy) is 1. The fourth-order valence-corrected chi connectivity index (χ4v) is 1.04. The molecule has 0 N–H and O–H groups in total. The number of rotatable bonds is 7. The lowest BCUT2D eigenvalue weighted by molar-refractivity contribution is 0.132. The molecule has 76 valence electrons. The van der Waals surface area contributed by atoms with Crippen LogP contribution in [0, 0.1) is 0 Å². The van der Waals surface area contributed by atoms with Crippen molar-refractivity contribution in [3.8, 4) is 0 Å². The maximum Gasteiger partial charge on any atom is 0.0469 e. The molecule has 0 aliphatic carbocycles. The van der Waals surface area contributed by atoms with E-state index in [0.717, 1.165) is 32.5 Å². The van der Waals surface area contributed by atoms with E-state index in [1.807, 2.05) is 6.92 Å². The Labute approximate surface area is 82.5 Å². The van der Waals surface area contributed by atoms with E-state index in [0.29, 0.717) is 0 Å². The molecule has 0 aliphatic rings. The summed E-state index contributed by atoms with van der Waals surface area (Å²) in [6, 6.07) is 0. The fraction of sp³-hybridized carbons (Fsp3) is 0.667. The van der Waals surface area contributed by atoms with Gasteiger partial charge in [-0.15, -0.1) is 0 Å². The molecule has 0 amide bonds. The highest BCUT2D eigenvalue weighted by Crippen LogP contribution is 2.04. The monoisotopic (exact) mass is 182 g/mol. The summed E-state index contributed by atoms with van der Waals surface area (Å²) in [5.74, 6) is 0. The van der Waals surface area contributed by atoms with Crippen molar-refractivity contribution in [3.05, 3.63) is 23.8 Å². The van der Waals surface area contributed by atoms with E-state index in [-0.39, 0.29) is 0 Å². The van der Waals surface area contributed by atoms with Gasteiger partial charge in [0.15, 0.2) is 0 Å². The van der Waals surface area contributed by atoms with Crippen LogP contribution >= 0.6 is 0 Å². The van der Waals surface area contributed by atoms with Crippen LogP contribution in [0.3, 0.4) is 0 Å². The van der Waals surface area contributed by atoms with Crippen molar-refractivity contribution in [3.63, 3.8) is 0 Å². The lowest BCUT2D eigenvalue weighted by atomic mass is 10.1. The van der Waals surface area contributed by atoms with Crippen molar-refractivity contribution in [1.29, 1.82) is 0 Å². The maximum atomic E-state index is 5.39. The Bertz CT molecular complexity index is 157. The van der Waals surface area contributed by atoms with Gasteiger partial charge in [-0.05, 0) is 33.1 Å². The zero-order chi connectivity index (χ0) is 9.94. The average Bonchev–Trinajstić information content (AvgIpc) is 2.14. The third-order valence-electron chi connectivity index (χ3n) is 1.78. The number of allylic oxidation sites excluding steroid dienone is 4. The molecule has 0 atom stereocenters. The molecule has 0 unspecified atom stereocenters. The van der Waals surface area contributed by atoms with Gasteiger partial charge in [0.25, 0.3) is 0 Å². The Morgan fingerprint density at radius 2 is 2.08 bits per heavy atom. The van der Waals surface area contributed by atoms with E-state index >= 15 is 0 Å². The highest BCUT2D eigenvalue weighted by molar-refractivity contribution is 5.09. The van der Waals surface area contributed by atoms with Crippen molar-refractivity contribution in [1.82, 2.24) is 0 Å². The molecule has 0 heterocycles. The van der Waals surface area contributed by atoms with E-state index in [4.69, 9.17) is 4.74 Å². The van der Waals surface area contributed by atoms with Crippen LogP contribution in [0.15, 0.2) is 23.8 Å². The molecule has 0 aromatic carbocycles. The van der Waals surface area contributed by atoms with Gasteiger partial charge >= 0.3 is 0 Å². The molecule has 0 rings (SSSR count). The molecule has 0 radical (unpaired) electrons. The van der Waals surface area contributed by atoms with Crippen LogP contribution < -0.4 is 0 Å². The Morgan fingerprint density at radius 3 is 2.69 bits per heavy atom. The van der Waals surface area contributed by atoms with E-state index < -0.39 is 0 Å². The summed E-state index contributed by atoms with van der Waals surface area (Å²) in [5.41, 5.74) is 1.43. The van der Waals surface area contributed by atoms with Crippen LogP contribution in [0.25, 0.3) is 0 Å². The topological polar surface area (TPSA) is 9.23 Å². The van der Waals surface area contributed by atoms with Gasteiger partial charge in [-0.1, -0.05) is 30.7 Å². The minimum atomic E-state index is 0.898. The molecule has 1 nitrogen and oxygen atoms in total. The zero-order valence-corrected chi connectivity index (χ0v) is 9.18. The second-order valence-corrected chi connectivity index (χ2v) is 3.25. The SMILES string of the molecule is C/C=C\C=C(/C)CCCOCCC. The first-order chi connectivity index (χ1) is 6.31. The van der Waals surface area contributed by atoms with Crippen LogP contribution in [0.1, 0.15) is 40.0 Å². The molecule has 0 spiro atoms. The van der Waals surface area contributed by atoms with Crippen molar-refractivity contribution >= 4 is 0 Å². The first-order valence-corrected chi connectivity index (χ1v) is 5.17. The third kappa shape index (κ3) is 9.35. The summed E-state index contributed by atoms with van der Waals surface area (Å²) in [4.78, 5) is 0. The fourth-order valence-electron chi connectivity index (χ4n) is 1.04.